The molecule has 0 fully saturated rings. The maximum absolute atomic E-state index is 2.15. The Morgan fingerprint density at radius 1 is 1.43 bits per heavy atom. The van der Waals surface area contributed by atoms with E-state index in [1.807, 2.05) is 11.8 Å². The topological polar surface area (TPSA) is 4.44 Å². The summed E-state index contributed by atoms with van der Waals surface area (Å²) in [5.41, 5.74) is 0. The second kappa shape index (κ2) is 7.04. The van der Waals surface area contributed by atoms with Crippen molar-refractivity contribution < 1.29 is 28.9 Å². The van der Waals surface area contributed by atoms with E-state index in [9.17, 15) is 0 Å². The second-order valence-electron chi connectivity index (χ2n) is 1.64. The van der Waals surface area contributed by atoms with Gasteiger partial charge in [-0.05, 0) is 6.26 Å². The molecule has 0 amide bonds. The number of hydrogen-bond acceptors (Lipinski definition) is 1. The average molecular weight is 233 g/mol. The number of nitrogens with one attached hydrogen (secondary N) is 1. The highest BCUT2D eigenvalue weighted by Gasteiger charge is 1.83. The van der Waals surface area contributed by atoms with E-state index in [0.29, 0.717) is 0 Å². The summed E-state index contributed by atoms with van der Waals surface area (Å²) < 4.78 is 0. The standard InChI is InChI=1S/C4H11NS.HI/c1-5(2)4-6-3;/h4H2,1-3H3;1H. The fourth-order valence-corrected chi connectivity index (χ4v) is 0.866. The SMILES string of the molecule is CSC[NH+](C)C.[I-]. The molecule has 0 aliphatic heterocycles. The maximum atomic E-state index is 2.15. The highest BCUT2D eigenvalue weighted by atomic mass is 127. The lowest BCUT2D eigenvalue weighted by molar-refractivity contribution is -0.843. The number of quaternary nitrogens is 1. The van der Waals surface area contributed by atoms with Gasteiger partial charge in [-0.3, -0.25) is 0 Å². The molecule has 46 valence electrons. The quantitative estimate of drug-likeness (QED) is 0.382. The Labute approximate surface area is 66.9 Å². The van der Waals surface area contributed by atoms with Gasteiger partial charge in [0.1, 0.15) is 5.88 Å². The summed E-state index contributed by atoms with van der Waals surface area (Å²) in [5, 5.41) is 0. The Morgan fingerprint density at radius 3 is 1.86 bits per heavy atom. The normalized spacial score (nSPS) is 8.57. The minimum atomic E-state index is 0. The Balaban J connectivity index is 0. The van der Waals surface area contributed by atoms with Gasteiger partial charge in [-0.25, -0.2) is 0 Å². The lowest BCUT2D eigenvalue weighted by atomic mass is 11.0. The minimum absolute atomic E-state index is 0. The maximum Gasteiger partial charge on any atom is 0.123 e. The van der Waals surface area contributed by atoms with Crippen LogP contribution in [-0.4, -0.2) is 26.2 Å². The Kier molecular flexibility index (Phi) is 11.0. The molecule has 1 nitrogen and oxygen atoms in total. The van der Waals surface area contributed by atoms with Crippen molar-refractivity contribution in [3.05, 3.63) is 0 Å². The Bertz CT molecular complexity index is 32.9. The highest BCUT2D eigenvalue weighted by Crippen LogP contribution is 1.78. The van der Waals surface area contributed by atoms with Gasteiger partial charge in [0.25, 0.3) is 0 Å². The van der Waals surface area contributed by atoms with Gasteiger partial charge in [-0.15, -0.1) is 11.8 Å². The van der Waals surface area contributed by atoms with Gasteiger partial charge in [0.15, 0.2) is 0 Å². The fourth-order valence-electron chi connectivity index (χ4n) is 0.289. The predicted octanol–water partition coefficient (Wildman–Crippen LogP) is -3.54. The lowest BCUT2D eigenvalue weighted by Gasteiger charge is -2.00. The van der Waals surface area contributed by atoms with E-state index in [-0.39, 0.29) is 24.0 Å². The zero-order chi connectivity index (χ0) is 4.99. The molecule has 0 atom stereocenters. The molecule has 0 aliphatic carbocycles. The van der Waals surface area contributed by atoms with E-state index in [4.69, 9.17) is 0 Å². The van der Waals surface area contributed by atoms with Crippen molar-refractivity contribution in [1.29, 1.82) is 0 Å². The number of hydrogen-bond donors (Lipinski definition) is 1. The van der Waals surface area contributed by atoms with E-state index < -0.39 is 0 Å². The number of halogens is 1. The van der Waals surface area contributed by atoms with E-state index in [1.165, 1.54) is 10.8 Å². The molecule has 0 radical (unpaired) electrons. The van der Waals surface area contributed by atoms with Crippen LogP contribution >= 0.6 is 11.8 Å². The van der Waals surface area contributed by atoms with E-state index in [0.717, 1.165) is 0 Å². The minimum Gasteiger partial charge on any atom is -1.00 e. The fraction of sp³-hybridized carbons (Fsp3) is 1.00. The summed E-state index contributed by atoms with van der Waals surface area (Å²) in [6, 6.07) is 0. The molecule has 0 aromatic carbocycles. The van der Waals surface area contributed by atoms with Crippen LogP contribution in [0.5, 0.6) is 0 Å². The van der Waals surface area contributed by atoms with Gasteiger partial charge < -0.3 is 28.9 Å². The van der Waals surface area contributed by atoms with Crippen LogP contribution in [0.1, 0.15) is 0 Å². The average Bonchev–Trinajstić information content (AvgIpc) is 1.35. The summed E-state index contributed by atoms with van der Waals surface area (Å²) in [7, 11) is 4.30. The highest BCUT2D eigenvalue weighted by molar-refractivity contribution is 7.98. The largest absolute Gasteiger partial charge is 1.00 e. The lowest BCUT2D eigenvalue weighted by Crippen LogP contribution is -3.05. The predicted molar refractivity (Wildman–Crippen MR) is 31.2 cm³/mol. The van der Waals surface area contributed by atoms with Gasteiger partial charge in [0.2, 0.25) is 0 Å². The smallest absolute Gasteiger partial charge is 0.123 e. The van der Waals surface area contributed by atoms with Crippen LogP contribution < -0.4 is 28.9 Å². The molecule has 0 heterocycles. The van der Waals surface area contributed by atoms with Gasteiger partial charge in [-0.2, -0.15) is 0 Å². The van der Waals surface area contributed by atoms with Gasteiger partial charge in [-0.1, -0.05) is 0 Å². The van der Waals surface area contributed by atoms with Crippen LogP contribution in [-0.2, 0) is 0 Å². The van der Waals surface area contributed by atoms with Crippen LogP contribution in [0.4, 0.5) is 0 Å². The van der Waals surface area contributed by atoms with Crippen molar-refractivity contribution in [2.45, 2.75) is 0 Å². The van der Waals surface area contributed by atoms with Crippen molar-refractivity contribution in [3.63, 3.8) is 0 Å². The number of thioether (sulfide) groups is 1. The van der Waals surface area contributed by atoms with Crippen LogP contribution in [0.3, 0.4) is 0 Å². The van der Waals surface area contributed by atoms with Gasteiger partial charge >= 0.3 is 0 Å². The summed E-state index contributed by atoms with van der Waals surface area (Å²) in [6.45, 7) is 0. The molecule has 0 saturated carbocycles. The molecule has 0 unspecified atom stereocenters. The molecule has 3 heteroatoms. The van der Waals surface area contributed by atoms with Crippen LogP contribution in [0.2, 0.25) is 0 Å². The van der Waals surface area contributed by atoms with E-state index in [1.54, 1.807) is 0 Å². The summed E-state index contributed by atoms with van der Waals surface area (Å²) in [5.74, 6) is 1.21. The van der Waals surface area contributed by atoms with Gasteiger partial charge in [0.05, 0.1) is 14.1 Å². The molecule has 0 aliphatic rings. The molecule has 1 N–H and O–H groups in total. The summed E-state index contributed by atoms with van der Waals surface area (Å²) in [6.07, 6.45) is 2.12. The van der Waals surface area contributed by atoms with Crippen LogP contribution in [0.25, 0.3) is 0 Å². The van der Waals surface area contributed by atoms with E-state index >= 15 is 0 Å². The van der Waals surface area contributed by atoms with Crippen molar-refractivity contribution in [1.82, 2.24) is 0 Å². The van der Waals surface area contributed by atoms with Gasteiger partial charge in [0, 0.05) is 0 Å². The Morgan fingerprint density at radius 2 is 1.86 bits per heavy atom. The monoisotopic (exact) mass is 233 g/mol. The third-order valence-electron chi connectivity index (χ3n) is 0.433. The molecular weight excluding hydrogens is 221 g/mol. The van der Waals surface area contributed by atoms with Crippen molar-refractivity contribution in [2.75, 3.05) is 26.2 Å². The molecular formula is C4H12INS. The first-order valence-corrected chi connectivity index (χ1v) is 3.44. The third-order valence-corrected chi connectivity index (χ3v) is 1.30. The molecule has 0 saturated heterocycles. The summed E-state index contributed by atoms with van der Waals surface area (Å²) >= 11 is 1.87. The number of rotatable bonds is 2. The summed E-state index contributed by atoms with van der Waals surface area (Å²) in [4.78, 5) is 1.50. The second-order valence-corrected chi connectivity index (χ2v) is 2.51. The zero-order valence-electron chi connectivity index (χ0n) is 4.99. The molecule has 0 spiro atoms. The van der Waals surface area contributed by atoms with E-state index in [2.05, 4.69) is 20.4 Å². The first kappa shape index (κ1) is 10.9. The van der Waals surface area contributed by atoms with Crippen molar-refractivity contribution in [2.24, 2.45) is 0 Å². The zero-order valence-corrected chi connectivity index (χ0v) is 7.97. The molecule has 0 rings (SSSR count). The van der Waals surface area contributed by atoms with Crippen LogP contribution in [0, 0.1) is 0 Å². The molecule has 0 aromatic rings. The van der Waals surface area contributed by atoms with Crippen molar-refractivity contribution >= 4 is 11.8 Å². The molecule has 0 aromatic heterocycles. The molecule has 7 heavy (non-hydrogen) atoms. The first-order chi connectivity index (χ1) is 2.77. The van der Waals surface area contributed by atoms with Crippen molar-refractivity contribution in [3.8, 4) is 0 Å². The third kappa shape index (κ3) is 11.0. The van der Waals surface area contributed by atoms with Crippen LogP contribution in [0.15, 0.2) is 0 Å². The molecule has 0 bridgehead atoms. The Hall–Kier alpha value is 1.04. The first-order valence-electron chi connectivity index (χ1n) is 2.05.